The van der Waals surface area contributed by atoms with Crippen molar-refractivity contribution in [2.45, 2.75) is 12.5 Å². The number of nitrogens with zero attached hydrogens (tertiary/aromatic N) is 1. The van der Waals surface area contributed by atoms with Crippen LogP contribution in [-0.4, -0.2) is 57.9 Å². The predicted octanol–water partition coefficient (Wildman–Crippen LogP) is 3.34. The first-order valence-electron chi connectivity index (χ1n) is 9.76. The fourth-order valence-corrected chi connectivity index (χ4v) is 3.94. The molecule has 1 aliphatic rings. The second-order valence-electron chi connectivity index (χ2n) is 7.01. The van der Waals surface area contributed by atoms with Crippen LogP contribution in [0.1, 0.15) is 17.2 Å². The molecule has 0 aromatic heterocycles. The van der Waals surface area contributed by atoms with Gasteiger partial charge >= 0.3 is 0 Å². The van der Waals surface area contributed by atoms with Crippen LogP contribution in [-0.2, 0) is 16.0 Å². The van der Waals surface area contributed by atoms with Crippen molar-refractivity contribution in [1.82, 2.24) is 10.2 Å². The molecule has 1 aliphatic heterocycles. The number of hydrogen-bond acceptors (Lipinski definition) is 5. The quantitative estimate of drug-likeness (QED) is 0.627. The van der Waals surface area contributed by atoms with E-state index in [1.165, 1.54) is 6.07 Å². The Balaban J connectivity index is 1.72. The molecule has 1 heterocycles. The van der Waals surface area contributed by atoms with Gasteiger partial charge in [-0.05, 0) is 51.3 Å². The third-order valence-corrected chi connectivity index (χ3v) is 5.73. The molecule has 2 aromatic carbocycles. The van der Waals surface area contributed by atoms with Crippen LogP contribution in [0.2, 0.25) is 0 Å². The van der Waals surface area contributed by atoms with Crippen LogP contribution in [0.25, 0.3) is 0 Å². The molecule has 162 valence electrons. The molecule has 8 heteroatoms. The number of halogens is 2. The number of morpholine rings is 1. The van der Waals surface area contributed by atoms with E-state index in [0.717, 1.165) is 24.2 Å². The minimum Gasteiger partial charge on any atom is -0.493 e. The summed E-state index contributed by atoms with van der Waals surface area (Å²) in [4.78, 5) is 14.8. The number of rotatable bonds is 8. The predicted molar refractivity (Wildman–Crippen MR) is 115 cm³/mol. The Morgan fingerprint density at radius 3 is 2.57 bits per heavy atom. The van der Waals surface area contributed by atoms with Crippen molar-refractivity contribution in [3.8, 4) is 11.5 Å². The molecular weight excluding hydrogens is 455 g/mol. The third-order valence-electron chi connectivity index (χ3n) is 5.12. The second kappa shape index (κ2) is 10.7. The van der Waals surface area contributed by atoms with Crippen molar-refractivity contribution in [3.05, 3.63) is 57.8 Å². The summed E-state index contributed by atoms with van der Waals surface area (Å²) in [6.45, 7) is 3.30. The number of carbonyl (C=O) groups excluding carboxylic acids is 1. The monoisotopic (exact) mass is 480 g/mol. The summed E-state index contributed by atoms with van der Waals surface area (Å²) in [5.41, 5.74) is 1.77. The molecule has 0 aliphatic carbocycles. The Morgan fingerprint density at radius 1 is 1.17 bits per heavy atom. The van der Waals surface area contributed by atoms with E-state index in [1.54, 1.807) is 26.4 Å². The Kier molecular flexibility index (Phi) is 8.07. The SMILES string of the molecule is COc1ccc(C(CNC(=O)Cc2ccc(F)c(Br)c2)N2CCOCC2)cc1OC. The molecule has 0 radical (unpaired) electrons. The summed E-state index contributed by atoms with van der Waals surface area (Å²) in [6.07, 6.45) is 0.181. The van der Waals surface area contributed by atoms with E-state index < -0.39 is 0 Å². The molecule has 1 saturated heterocycles. The van der Waals surface area contributed by atoms with E-state index in [-0.39, 0.29) is 24.2 Å². The Bertz CT molecular complexity index is 874. The van der Waals surface area contributed by atoms with Crippen LogP contribution < -0.4 is 14.8 Å². The van der Waals surface area contributed by atoms with Crippen LogP contribution in [0, 0.1) is 5.82 Å². The number of hydrogen-bond donors (Lipinski definition) is 1. The van der Waals surface area contributed by atoms with Gasteiger partial charge in [0.2, 0.25) is 5.91 Å². The summed E-state index contributed by atoms with van der Waals surface area (Å²) < 4.78 is 30.0. The minimum absolute atomic E-state index is 0.0300. The summed E-state index contributed by atoms with van der Waals surface area (Å²) in [5, 5.41) is 3.02. The van der Waals surface area contributed by atoms with Crippen molar-refractivity contribution in [1.29, 1.82) is 0 Å². The van der Waals surface area contributed by atoms with Gasteiger partial charge in [0, 0.05) is 19.6 Å². The molecular formula is C22H26BrFN2O4. The van der Waals surface area contributed by atoms with Crippen molar-refractivity contribution in [2.24, 2.45) is 0 Å². The number of amides is 1. The first kappa shape index (κ1) is 22.5. The molecule has 1 atom stereocenters. The highest BCUT2D eigenvalue weighted by Gasteiger charge is 2.24. The Morgan fingerprint density at radius 2 is 1.90 bits per heavy atom. The second-order valence-corrected chi connectivity index (χ2v) is 7.86. The van der Waals surface area contributed by atoms with E-state index >= 15 is 0 Å². The topological polar surface area (TPSA) is 60.0 Å². The molecule has 3 rings (SSSR count). The molecule has 0 saturated carbocycles. The highest BCUT2D eigenvalue weighted by Crippen LogP contribution is 2.32. The average Bonchev–Trinajstić information content (AvgIpc) is 2.77. The van der Waals surface area contributed by atoms with Gasteiger partial charge in [-0.3, -0.25) is 9.69 Å². The highest BCUT2D eigenvalue weighted by atomic mass is 79.9. The largest absolute Gasteiger partial charge is 0.493 e. The summed E-state index contributed by atoms with van der Waals surface area (Å²) in [6, 6.07) is 10.4. The molecule has 0 bridgehead atoms. The van der Waals surface area contributed by atoms with Crippen LogP contribution in [0.3, 0.4) is 0 Å². The normalized spacial score (nSPS) is 15.5. The molecule has 1 N–H and O–H groups in total. The Hall–Kier alpha value is -2.16. The van der Waals surface area contributed by atoms with Crippen molar-refractivity contribution in [3.63, 3.8) is 0 Å². The maximum absolute atomic E-state index is 13.4. The van der Waals surface area contributed by atoms with Gasteiger partial charge in [-0.15, -0.1) is 0 Å². The van der Waals surface area contributed by atoms with Gasteiger partial charge < -0.3 is 19.5 Å². The summed E-state index contributed by atoms with van der Waals surface area (Å²) >= 11 is 3.16. The first-order chi connectivity index (χ1) is 14.5. The van der Waals surface area contributed by atoms with Gasteiger partial charge in [0.15, 0.2) is 11.5 Å². The van der Waals surface area contributed by atoms with Gasteiger partial charge in [-0.2, -0.15) is 0 Å². The van der Waals surface area contributed by atoms with E-state index in [1.807, 2.05) is 18.2 Å². The number of carbonyl (C=O) groups is 1. The lowest BCUT2D eigenvalue weighted by atomic mass is 10.0. The lowest BCUT2D eigenvalue weighted by molar-refractivity contribution is -0.120. The van der Waals surface area contributed by atoms with Gasteiger partial charge in [-0.1, -0.05) is 12.1 Å². The molecule has 1 amide bonds. The molecule has 30 heavy (non-hydrogen) atoms. The zero-order chi connectivity index (χ0) is 21.5. The van der Waals surface area contributed by atoms with Gasteiger partial charge in [0.25, 0.3) is 0 Å². The van der Waals surface area contributed by atoms with Gasteiger partial charge in [0.1, 0.15) is 5.82 Å². The molecule has 1 fully saturated rings. The van der Waals surface area contributed by atoms with Crippen molar-refractivity contribution in [2.75, 3.05) is 47.1 Å². The van der Waals surface area contributed by atoms with E-state index in [4.69, 9.17) is 14.2 Å². The lowest BCUT2D eigenvalue weighted by Crippen LogP contribution is -2.44. The third kappa shape index (κ3) is 5.71. The fraction of sp³-hybridized carbons (Fsp3) is 0.409. The maximum Gasteiger partial charge on any atom is 0.224 e. The zero-order valence-electron chi connectivity index (χ0n) is 17.1. The summed E-state index contributed by atoms with van der Waals surface area (Å²) in [7, 11) is 3.21. The van der Waals surface area contributed by atoms with Crippen LogP contribution >= 0.6 is 15.9 Å². The average molecular weight is 481 g/mol. The zero-order valence-corrected chi connectivity index (χ0v) is 18.7. The smallest absolute Gasteiger partial charge is 0.224 e. The molecule has 1 unspecified atom stereocenters. The lowest BCUT2D eigenvalue weighted by Gasteiger charge is -2.35. The first-order valence-corrected chi connectivity index (χ1v) is 10.6. The minimum atomic E-state index is -0.347. The van der Waals surface area contributed by atoms with Gasteiger partial charge in [-0.25, -0.2) is 4.39 Å². The number of methoxy groups -OCH3 is 2. The summed E-state index contributed by atoms with van der Waals surface area (Å²) in [5.74, 6) is 0.843. The molecule has 2 aromatic rings. The number of ether oxygens (including phenoxy) is 3. The van der Waals surface area contributed by atoms with Crippen LogP contribution in [0.5, 0.6) is 11.5 Å². The standard InChI is InChI=1S/C22H26BrFN2O4/c1-28-20-6-4-16(13-21(20)29-2)19(26-7-9-30-10-8-26)14-25-22(27)12-15-3-5-18(24)17(23)11-15/h3-6,11,13,19H,7-10,12,14H2,1-2H3,(H,25,27). The van der Waals surface area contributed by atoms with E-state index in [9.17, 15) is 9.18 Å². The fourth-order valence-electron chi connectivity index (χ4n) is 3.51. The van der Waals surface area contributed by atoms with Crippen LogP contribution in [0.15, 0.2) is 40.9 Å². The molecule has 0 spiro atoms. The van der Waals surface area contributed by atoms with Crippen molar-refractivity contribution >= 4 is 21.8 Å². The number of nitrogens with one attached hydrogen (secondary N) is 1. The number of benzene rings is 2. The van der Waals surface area contributed by atoms with E-state index in [0.29, 0.717) is 35.7 Å². The maximum atomic E-state index is 13.4. The Labute approximate surface area is 184 Å². The van der Waals surface area contributed by atoms with Gasteiger partial charge in [0.05, 0.1) is 44.4 Å². The highest BCUT2D eigenvalue weighted by molar-refractivity contribution is 9.10. The van der Waals surface area contributed by atoms with E-state index in [2.05, 4.69) is 26.1 Å². The molecule has 6 nitrogen and oxygen atoms in total. The van der Waals surface area contributed by atoms with Crippen molar-refractivity contribution < 1.29 is 23.4 Å². The van der Waals surface area contributed by atoms with Crippen LogP contribution in [0.4, 0.5) is 4.39 Å².